The van der Waals surface area contributed by atoms with Gasteiger partial charge in [-0.2, -0.15) is 0 Å². The van der Waals surface area contributed by atoms with Crippen molar-refractivity contribution < 1.29 is 29.5 Å². The van der Waals surface area contributed by atoms with Gasteiger partial charge in [-0.05, 0) is 80.1 Å². The number of carbonyl (C=O) groups excluding carboxylic acids is 4. The molecular weight excluding hydrogens is 564 g/mol. The second-order valence-corrected chi connectivity index (χ2v) is 10.4. The number of aliphatic hydroxyl groups is 1. The van der Waals surface area contributed by atoms with Gasteiger partial charge in [0.05, 0.1) is 12.1 Å². The van der Waals surface area contributed by atoms with Gasteiger partial charge in [0.2, 0.25) is 11.8 Å². The molecule has 0 heterocycles. The van der Waals surface area contributed by atoms with Crippen molar-refractivity contribution in [1.82, 2.24) is 16.1 Å². The normalized spacial score (nSPS) is 13.6. The fourth-order valence-electron chi connectivity index (χ4n) is 4.46. The lowest BCUT2D eigenvalue weighted by Gasteiger charge is -2.21. The van der Waals surface area contributed by atoms with Crippen molar-refractivity contribution in [3.05, 3.63) is 90.0 Å². The zero-order valence-corrected chi connectivity index (χ0v) is 24.5. The van der Waals surface area contributed by atoms with Crippen molar-refractivity contribution >= 4 is 29.3 Å². The van der Waals surface area contributed by atoms with Crippen molar-refractivity contribution in [1.29, 1.82) is 0 Å². The molecule has 0 fully saturated rings. The van der Waals surface area contributed by atoms with Crippen molar-refractivity contribution in [2.24, 2.45) is 11.5 Å². The maximum Gasteiger partial charge on any atom is 0.268 e. The Morgan fingerprint density at radius 3 is 1.98 bits per heavy atom. The molecule has 0 spiro atoms. The fourth-order valence-corrected chi connectivity index (χ4v) is 4.46. The molecule has 10 N–H and O–H groups in total. The molecular formula is C32H40N6O6. The minimum Gasteiger partial charge on any atom is -0.391 e. The number of anilines is 1. The molecule has 12 heteroatoms. The van der Waals surface area contributed by atoms with Gasteiger partial charge in [0.25, 0.3) is 11.8 Å². The summed E-state index contributed by atoms with van der Waals surface area (Å²) >= 11 is 0. The summed E-state index contributed by atoms with van der Waals surface area (Å²) in [5, 5.41) is 26.6. The average molecular weight is 605 g/mol. The molecule has 0 saturated heterocycles. The number of aliphatic hydroxyl groups excluding tert-OH is 1. The zero-order valence-electron chi connectivity index (χ0n) is 24.5. The van der Waals surface area contributed by atoms with Crippen LogP contribution in [0.5, 0.6) is 0 Å². The Hall–Kier alpha value is -4.62. The number of aryl methyl sites for hydroxylation is 1. The second-order valence-electron chi connectivity index (χ2n) is 10.4. The maximum atomic E-state index is 13.3. The highest BCUT2D eigenvalue weighted by Gasteiger charge is 2.26. The van der Waals surface area contributed by atoms with E-state index in [-0.39, 0.29) is 11.5 Å². The van der Waals surface area contributed by atoms with Crippen molar-refractivity contribution in [2.75, 3.05) is 11.9 Å². The van der Waals surface area contributed by atoms with E-state index in [0.29, 0.717) is 37.9 Å². The summed E-state index contributed by atoms with van der Waals surface area (Å²) in [5.41, 5.74) is 16.4. The summed E-state index contributed by atoms with van der Waals surface area (Å²) in [6.07, 6.45) is 0.763. The van der Waals surface area contributed by atoms with Gasteiger partial charge in [0.1, 0.15) is 12.1 Å². The lowest BCUT2D eigenvalue weighted by molar-refractivity contribution is -0.133. The number of benzene rings is 3. The van der Waals surface area contributed by atoms with Crippen LogP contribution in [0.1, 0.15) is 42.1 Å². The average Bonchev–Trinajstić information content (AvgIpc) is 3.04. The summed E-state index contributed by atoms with van der Waals surface area (Å²) < 4.78 is 0. The molecule has 0 unspecified atom stereocenters. The van der Waals surface area contributed by atoms with Gasteiger partial charge in [0, 0.05) is 11.3 Å². The first kappa shape index (κ1) is 33.9. The van der Waals surface area contributed by atoms with Crippen LogP contribution < -0.4 is 32.9 Å². The number of rotatable bonds is 15. The van der Waals surface area contributed by atoms with Crippen molar-refractivity contribution in [3.63, 3.8) is 0 Å². The van der Waals surface area contributed by atoms with Gasteiger partial charge in [0.15, 0.2) is 0 Å². The number of amides is 4. The Morgan fingerprint density at radius 1 is 0.795 bits per heavy atom. The number of hydrogen-bond donors (Lipinski definition) is 8. The van der Waals surface area contributed by atoms with Gasteiger partial charge in [-0.3, -0.25) is 24.4 Å². The molecule has 0 aliphatic rings. The van der Waals surface area contributed by atoms with Crippen molar-refractivity contribution in [2.45, 2.75) is 56.8 Å². The molecule has 4 atom stereocenters. The Kier molecular flexibility index (Phi) is 13.0. The van der Waals surface area contributed by atoms with Crippen LogP contribution in [0.4, 0.5) is 5.69 Å². The van der Waals surface area contributed by atoms with E-state index in [9.17, 15) is 24.3 Å². The fraction of sp³-hybridized carbons (Fsp3) is 0.312. The Morgan fingerprint density at radius 2 is 1.41 bits per heavy atom. The van der Waals surface area contributed by atoms with Crippen LogP contribution in [-0.2, 0) is 20.8 Å². The summed E-state index contributed by atoms with van der Waals surface area (Å²) in [6.45, 7) is 1.74. The Labute approximate surface area is 256 Å². The van der Waals surface area contributed by atoms with Gasteiger partial charge in [-0.1, -0.05) is 54.6 Å². The molecule has 234 valence electrons. The van der Waals surface area contributed by atoms with E-state index >= 15 is 0 Å². The molecule has 0 bridgehead atoms. The van der Waals surface area contributed by atoms with E-state index in [1.54, 1.807) is 48.5 Å². The van der Waals surface area contributed by atoms with E-state index in [4.69, 9.17) is 16.7 Å². The second kappa shape index (κ2) is 16.9. The zero-order chi connectivity index (χ0) is 32.1. The van der Waals surface area contributed by atoms with Crippen LogP contribution in [0.3, 0.4) is 0 Å². The summed E-state index contributed by atoms with van der Waals surface area (Å²) in [7, 11) is 0. The van der Waals surface area contributed by atoms with Crippen LogP contribution in [-0.4, -0.2) is 64.7 Å². The monoisotopic (exact) mass is 604 g/mol. The predicted molar refractivity (Wildman–Crippen MR) is 166 cm³/mol. The summed E-state index contributed by atoms with van der Waals surface area (Å²) in [4.78, 5) is 50.2. The number of hydroxylamine groups is 1. The molecule has 0 aliphatic heterocycles. The SMILES string of the molecule is C[C@@H](O)[C@H](NC(=O)c1ccc(-c2ccc(NC(=O)[C@@H](CCc3ccccc3)NC(=O)[C@H](N)CCCN)cc2)cc1)C(=O)NO. The largest absolute Gasteiger partial charge is 0.391 e. The molecule has 3 aromatic rings. The standard InChI is InChI=1S/C32H40N6O6/c1-20(39)28(32(43)38-44)37-29(40)24-12-10-22(11-13-24)23-14-16-25(17-15-23)35-31(42)27(18-9-21-6-3-2-4-7-21)36-30(41)26(34)8-5-19-33/h2-4,6-7,10-17,20,26-28,39,44H,5,8-9,18-19,33-34H2,1H3,(H,35,42)(H,36,41)(H,37,40)(H,38,43)/t20-,26-,27-,28+/m1/s1. The summed E-state index contributed by atoms with van der Waals surface area (Å²) in [5.74, 6) is -2.31. The molecule has 0 aliphatic carbocycles. The van der Waals surface area contributed by atoms with Crippen LogP contribution >= 0.6 is 0 Å². The van der Waals surface area contributed by atoms with Crippen molar-refractivity contribution in [3.8, 4) is 11.1 Å². The number of hydrogen-bond acceptors (Lipinski definition) is 8. The quantitative estimate of drug-likeness (QED) is 0.0938. The molecule has 12 nitrogen and oxygen atoms in total. The minimum atomic E-state index is -1.32. The maximum absolute atomic E-state index is 13.3. The van der Waals surface area contributed by atoms with Gasteiger partial charge in [-0.25, -0.2) is 5.48 Å². The first-order valence-corrected chi connectivity index (χ1v) is 14.4. The number of nitrogens with one attached hydrogen (secondary N) is 4. The van der Waals surface area contributed by atoms with Crippen LogP contribution in [0.15, 0.2) is 78.9 Å². The smallest absolute Gasteiger partial charge is 0.268 e. The molecule has 4 amide bonds. The molecule has 0 aromatic heterocycles. The third kappa shape index (κ3) is 9.99. The van der Waals surface area contributed by atoms with Gasteiger partial charge < -0.3 is 32.5 Å². The number of nitrogens with two attached hydrogens (primary N) is 2. The van der Waals surface area contributed by atoms with Crippen LogP contribution in [0.2, 0.25) is 0 Å². The van der Waals surface area contributed by atoms with E-state index in [1.165, 1.54) is 12.4 Å². The van der Waals surface area contributed by atoms with Crippen LogP contribution in [0.25, 0.3) is 11.1 Å². The first-order chi connectivity index (χ1) is 21.1. The highest BCUT2D eigenvalue weighted by molar-refractivity contribution is 5.99. The Bertz CT molecular complexity index is 1380. The third-order valence-electron chi connectivity index (χ3n) is 7.05. The summed E-state index contributed by atoms with van der Waals surface area (Å²) in [6, 6.07) is 20.4. The lowest BCUT2D eigenvalue weighted by atomic mass is 10.0. The highest BCUT2D eigenvalue weighted by Crippen LogP contribution is 2.22. The first-order valence-electron chi connectivity index (χ1n) is 14.4. The lowest BCUT2D eigenvalue weighted by Crippen LogP contribution is -2.51. The molecule has 0 radical (unpaired) electrons. The minimum absolute atomic E-state index is 0.250. The third-order valence-corrected chi connectivity index (χ3v) is 7.05. The van der Waals surface area contributed by atoms with Gasteiger partial charge >= 0.3 is 0 Å². The predicted octanol–water partition coefficient (Wildman–Crippen LogP) is 1.46. The molecule has 3 aromatic carbocycles. The van der Waals surface area contributed by atoms with E-state index < -0.39 is 42.0 Å². The Balaban J connectivity index is 1.66. The molecule has 0 saturated carbocycles. The topological polar surface area (TPSA) is 209 Å². The van der Waals surface area contributed by atoms with Gasteiger partial charge in [-0.15, -0.1) is 0 Å². The van der Waals surface area contributed by atoms with E-state index in [0.717, 1.165) is 16.7 Å². The van der Waals surface area contributed by atoms with E-state index in [1.807, 2.05) is 30.3 Å². The molecule has 44 heavy (non-hydrogen) atoms. The molecule has 3 rings (SSSR count). The number of carbonyl (C=O) groups is 4. The van der Waals surface area contributed by atoms with Crippen LogP contribution in [0, 0.1) is 0 Å². The highest BCUT2D eigenvalue weighted by atomic mass is 16.5. The van der Waals surface area contributed by atoms with E-state index in [2.05, 4.69) is 16.0 Å².